The average molecular weight is 337 g/mol. The van der Waals surface area contributed by atoms with Gasteiger partial charge in [0, 0.05) is 37.9 Å². The number of aromatic nitrogens is 2. The molecule has 0 bridgehead atoms. The molecule has 1 amide bonds. The molecule has 0 aliphatic heterocycles. The van der Waals surface area contributed by atoms with Crippen LogP contribution in [-0.4, -0.2) is 66.3 Å². The summed E-state index contributed by atoms with van der Waals surface area (Å²) in [6, 6.07) is 0.153. The van der Waals surface area contributed by atoms with Gasteiger partial charge < -0.3 is 20.9 Å². The minimum atomic E-state index is -0.244. The second-order valence-electron chi connectivity index (χ2n) is 7.03. The van der Waals surface area contributed by atoms with Crippen LogP contribution in [0.3, 0.4) is 0 Å². The monoisotopic (exact) mass is 337 g/mol. The van der Waals surface area contributed by atoms with Gasteiger partial charge in [0.25, 0.3) is 0 Å². The number of aryl methyl sites for hydroxylation is 1. The first-order valence-corrected chi connectivity index (χ1v) is 8.03. The van der Waals surface area contributed by atoms with E-state index in [4.69, 9.17) is 0 Å². The molecule has 1 rings (SSSR count). The summed E-state index contributed by atoms with van der Waals surface area (Å²) < 4.78 is 1.79. The number of amides is 1. The van der Waals surface area contributed by atoms with Gasteiger partial charge in [-0.25, -0.2) is 0 Å². The summed E-state index contributed by atoms with van der Waals surface area (Å²) in [5.41, 5.74) is 0.877. The van der Waals surface area contributed by atoms with E-state index in [2.05, 4.69) is 30.9 Å². The maximum Gasteiger partial charge on any atom is 0.239 e. The molecule has 8 heteroatoms. The van der Waals surface area contributed by atoms with Gasteiger partial charge >= 0.3 is 0 Å². The molecule has 0 aliphatic rings. The van der Waals surface area contributed by atoms with Gasteiger partial charge in [-0.1, -0.05) is 0 Å². The molecular formula is C16H31N7O. The second kappa shape index (κ2) is 8.68. The van der Waals surface area contributed by atoms with Crippen molar-refractivity contribution in [2.45, 2.75) is 32.4 Å². The topological polar surface area (TPSA) is 86.6 Å². The first kappa shape index (κ1) is 20.0. The van der Waals surface area contributed by atoms with Crippen molar-refractivity contribution in [3.63, 3.8) is 0 Å². The van der Waals surface area contributed by atoms with E-state index < -0.39 is 0 Å². The van der Waals surface area contributed by atoms with Gasteiger partial charge in [-0.05, 0) is 34.9 Å². The van der Waals surface area contributed by atoms with E-state index in [-0.39, 0.29) is 24.0 Å². The van der Waals surface area contributed by atoms with Crippen LogP contribution in [0.25, 0.3) is 0 Å². The fourth-order valence-electron chi connectivity index (χ4n) is 2.25. The predicted molar refractivity (Wildman–Crippen MR) is 96.9 cm³/mol. The molecule has 0 saturated heterocycles. The highest BCUT2D eigenvalue weighted by molar-refractivity contribution is 5.86. The molecule has 24 heavy (non-hydrogen) atoms. The number of hydrogen-bond acceptors (Lipinski definition) is 4. The minimum absolute atomic E-state index is 0.0677. The molecule has 1 aromatic heterocycles. The van der Waals surface area contributed by atoms with Crippen molar-refractivity contribution < 1.29 is 4.79 Å². The largest absolute Gasteiger partial charge is 0.354 e. The van der Waals surface area contributed by atoms with E-state index in [0.717, 1.165) is 5.56 Å². The number of rotatable bonds is 6. The van der Waals surface area contributed by atoms with Gasteiger partial charge in [-0.15, -0.1) is 0 Å². The Kier molecular flexibility index (Phi) is 7.21. The van der Waals surface area contributed by atoms with E-state index in [1.807, 2.05) is 54.3 Å². The summed E-state index contributed by atoms with van der Waals surface area (Å²) in [6.45, 7) is 6.68. The van der Waals surface area contributed by atoms with Crippen molar-refractivity contribution in [2.75, 3.05) is 34.2 Å². The van der Waals surface area contributed by atoms with Crippen LogP contribution in [0.2, 0.25) is 0 Å². The number of guanidine groups is 1. The zero-order chi connectivity index (χ0) is 18.3. The highest BCUT2D eigenvalue weighted by atomic mass is 16.2. The molecule has 0 fully saturated rings. The number of carbonyl (C=O) groups is 1. The fourth-order valence-corrected chi connectivity index (χ4v) is 2.25. The second-order valence-corrected chi connectivity index (χ2v) is 7.03. The van der Waals surface area contributed by atoms with Crippen LogP contribution in [0.5, 0.6) is 0 Å². The molecule has 136 valence electrons. The highest BCUT2D eigenvalue weighted by Gasteiger charge is 2.17. The van der Waals surface area contributed by atoms with Crippen molar-refractivity contribution in [2.24, 2.45) is 12.0 Å². The van der Waals surface area contributed by atoms with E-state index in [1.54, 1.807) is 11.7 Å². The normalized spacial score (nSPS) is 13.8. The van der Waals surface area contributed by atoms with Gasteiger partial charge in [0.2, 0.25) is 5.91 Å². The molecule has 1 aromatic rings. The van der Waals surface area contributed by atoms with Crippen molar-refractivity contribution in [1.82, 2.24) is 30.6 Å². The Morgan fingerprint density at radius 2 is 2.04 bits per heavy atom. The first-order chi connectivity index (χ1) is 11.1. The number of aliphatic imine (C=N–C) groups is 1. The molecule has 1 atom stereocenters. The van der Waals surface area contributed by atoms with Gasteiger partial charge in [-0.3, -0.25) is 14.5 Å². The lowest BCUT2D eigenvalue weighted by molar-refractivity contribution is -0.121. The molecule has 1 heterocycles. The lowest BCUT2D eigenvalue weighted by atomic mass is 10.1. The summed E-state index contributed by atoms with van der Waals surface area (Å²) in [4.78, 5) is 18.2. The van der Waals surface area contributed by atoms with Crippen LogP contribution in [0, 0.1) is 0 Å². The Hall–Kier alpha value is -2.09. The molecule has 0 spiro atoms. The van der Waals surface area contributed by atoms with Crippen LogP contribution in [0.15, 0.2) is 17.4 Å². The Labute approximate surface area is 144 Å². The summed E-state index contributed by atoms with van der Waals surface area (Å²) in [7, 11) is 7.63. The number of likely N-dealkylation sites (N-methyl/N-ethyl adjacent to an activating group) is 1. The van der Waals surface area contributed by atoms with Crippen LogP contribution < -0.4 is 16.0 Å². The smallest absolute Gasteiger partial charge is 0.239 e. The van der Waals surface area contributed by atoms with Crippen molar-refractivity contribution in [3.8, 4) is 0 Å². The Morgan fingerprint density at radius 1 is 1.38 bits per heavy atom. The fraction of sp³-hybridized carbons (Fsp3) is 0.688. The molecule has 1 unspecified atom stereocenters. The van der Waals surface area contributed by atoms with Crippen molar-refractivity contribution in [1.29, 1.82) is 0 Å². The quantitative estimate of drug-likeness (QED) is 0.506. The first-order valence-electron chi connectivity index (χ1n) is 8.03. The Bertz CT molecular complexity index is 557. The van der Waals surface area contributed by atoms with Gasteiger partial charge in [-0.2, -0.15) is 5.10 Å². The highest BCUT2D eigenvalue weighted by Crippen LogP contribution is 2.15. The number of carbonyl (C=O) groups excluding carboxylic acids is 1. The van der Waals surface area contributed by atoms with E-state index in [1.165, 1.54) is 0 Å². The van der Waals surface area contributed by atoms with Crippen molar-refractivity contribution in [3.05, 3.63) is 18.0 Å². The SMILES string of the molecule is CN=C(NCC(=O)NC(C)(C)C)NCC(c1cnn(C)c1)N(C)C. The summed E-state index contributed by atoms with van der Waals surface area (Å²) in [5, 5.41) is 13.4. The molecule has 3 N–H and O–H groups in total. The zero-order valence-corrected chi connectivity index (χ0v) is 15.8. The average Bonchev–Trinajstić information content (AvgIpc) is 2.86. The molecular weight excluding hydrogens is 306 g/mol. The van der Waals surface area contributed by atoms with E-state index >= 15 is 0 Å². The standard InChI is InChI=1S/C16H31N7O/c1-16(2,3)21-14(24)10-19-15(17-4)18-9-13(22(5)6)12-8-20-23(7)11-12/h8,11,13H,9-10H2,1-7H3,(H,21,24)(H2,17,18,19). The van der Waals surface area contributed by atoms with Crippen LogP contribution in [-0.2, 0) is 11.8 Å². The van der Waals surface area contributed by atoms with Gasteiger partial charge in [0.15, 0.2) is 5.96 Å². The number of nitrogens with zero attached hydrogens (tertiary/aromatic N) is 4. The summed E-state index contributed by atoms with van der Waals surface area (Å²) in [6.07, 6.45) is 3.86. The summed E-state index contributed by atoms with van der Waals surface area (Å²) in [5.74, 6) is 0.525. The van der Waals surface area contributed by atoms with Gasteiger partial charge in [0.1, 0.15) is 0 Å². The molecule has 8 nitrogen and oxygen atoms in total. The van der Waals surface area contributed by atoms with Crippen LogP contribution in [0.4, 0.5) is 0 Å². The van der Waals surface area contributed by atoms with Gasteiger partial charge in [0.05, 0.1) is 18.8 Å². The third-order valence-electron chi connectivity index (χ3n) is 3.35. The zero-order valence-electron chi connectivity index (χ0n) is 15.8. The third kappa shape index (κ3) is 6.99. The molecule has 0 radical (unpaired) electrons. The van der Waals surface area contributed by atoms with Crippen LogP contribution >= 0.6 is 0 Å². The lowest BCUT2D eigenvalue weighted by Gasteiger charge is -2.25. The Balaban J connectivity index is 2.54. The predicted octanol–water partition coefficient (Wildman–Crippen LogP) is 0.103. The third-order valence-corrected chi connectivity index (χ3v) is 3.35. The molecule has 0 saturated carbocycles. The van der Waals surface area contributed by atoms with E-state index in [0.29, 0.717) is 12.5 Å². The Morgan fingerprint density at radius 3 is 2.50 bits per heavy atom. The van der Waals surface area contributed by atoms with Crippen molar-refractivity contribution >= 4 is 11.9 Å². The molecule has 0 aliphatic carbocycles. The van der Waals surface area contributed by atoms with E-state index in [9.17, 15) is 4.79 Å². The number of nitrogens with one attached hydrogen (secondary N) is 3. The van der Waals surface area contributed by atoms with Crippen LogP contribution in [0.1, 0.15) is 32.4 Å². The number of hydrogen-bond donors (Lipinski definition) is 3. The lowest BCUT2D eigenvalue weighted by Crippen LogP contribution is -2.49. The summed E-state index contributed by atoms with van der Waals surface area (Å²) >= 11 is 0. The molecule has 0 aromatic carbocycles. The maximum absolute atomic E-state index is 11.9. The maximum atomic E-state index is 11.9. The minimum Gasteiger partial charge on any atom is -0.354 e.